The van der Waals surface area contributed by atoms with E-state index in [0.29, 0.717) is 24.0 Å². The molecule has 2 amide bonds. The second kappa shape index (κ2) is 17.7. The Morgan fingerprint density at radius 3 is 1.49 bits per heavy atom. The Labute approximate surface area is 321 Å². The third-order valence-electron chi connectivity index (χ3n) is 9.38. The molecule has 0 saturated carbocycles. The highest BCUT2D eigenvalue weighted by molar-refractivity contribution is 5.82. The third-order valence-corrected chi connectivity index (χ3v) is 9.38. The molecule has 2 aliphatic heterocycles. The van der Waals surface area contributed by atoms with Crippen molar-refractivity contribution in [3.05, 3.63) is 119 Å². The summed E-state index contributed by atoms with van der Waals surface area (Å²) in [5, 5.41) is 10.1. The van der Waals surface area contributed by atoms with Crippen LogP contribution in [-0.2, 0) is 22.7 Å². The van der Waals surface area contributed by atoms with E-state index in [2.05, 4.69) is 9.47 Å². The van der Waals surface area contributed by atoms with Crippen LogP contribution in [0.5, 0.6) is 23.0 Å². The lowest BCUT2D eigenvalue weighted by molar-refractivity contribution is -0.275. The number of alkyl halides is 7. The lowest BCUT2D eigenvalue weighted by atomic mass is 9.99. The Bertz CT molecular complexity index is 1990. The highest BCUT2D eigenvalue weighted by Gasteiger charge is 2.42. The number of hydrogen-bond donors (Lipinski definition) is 1. The molecular weight excluding hydrogens is 775 g/mol. The van der Waals surface area contributed by atoms with E-state index in [0.717, 1.165) is 24.3 Å². The summed E-state index contributed by atoms with van der Waals surface area (Å²) in [6.07, 6.45) is -8.91. The van der Waals surface area contributed by atoms with Crippen LogP contribution in [0.3, 0.4) is 0 Å². The predicted octanol–water partition coefficient (Wildman–Crippen LogP) is 9.72. The van der Waals surface area contributed by atoms with Gasteiger partial charge in [0, 0.05) is 24.9 Å². The van der Waals surface area contributed by atoms with Crippen molar-refractivity contribution in [2.75, 3.05) is 13.3 Å². The van der Waals surface area contributed by atoms with Gasteiger partial charge in [0.2, 0.25) is 11.8 Å². The number of phenolic OH excluding ortho intramolecular Hbond substituents is 1. The molecule has 0 radical (unpaired) electrons. The van der Waals surface area contributed by atoms with Crippen molar-refractivity contribution in [2.45, 2.75) is 64.6 Å². The van der Waals surface area contributed by atoms with Crippen molar-refractivity contribution < 1.29 is 68.4 Å². The van der Waals surface area contributed by atoms with E-state index in [1.54, 1.807) is 13.8 Å². The summed E-state index contributed by atoms with van der Waals surface area (Å²) in [5.74, 6) is -3.15. The second-order valence-corrected chi connectivity index (χ2v) is 13.5. The molecule has 4 aromatic carbocycles. The van der Waals surface area contributed by atoms with Gasteiger partial charge in [-0.3, -0.25) is 9.59 Å². The molecule has 6 rings (SSSR count). The molecule has 4 unspecified atom stereocenters. The quantitative estimate of drug-likeness (QED) is 0.152. The number of rotatable bonds is 11. The van der Waals surface area contributed by atoms with Gasteiger partial charge < -0.3 is 29.1 Å². The number of benzene rings is 4. The number of likely N-dealkylation sites (tertiary alicyclic amines) is 2. The van der Waals surface area contributed by atoms with E-state index in [-0.39, 0.29) is 77.5 Å². The molecule has 0 bridgehead atoms. The highest BCUT2D eigenvalue weighted by Crippen LogP contribution is 2.44. The van der Waals surface area contributed by atoms with Crippen LogP contribution in [0.15, 0.2) is 84.9 Å². The number of hydrogen-bond acceptors (Lipinski definition) is 6. The number of halogens is 9. The minimum Gasteiger partial charge on any atom is -0.507 e. The minimum absolute atomic E-state index is 0.0484. The van der Waals surface area contributed by atoms with Crippen molar-refractivity contribution in [2.24, 2.45) is 11.8 Å². The lowest BCUT2D eigenvalue weighted by Crippen LogP contribution is -2.29. The maximum atomic E-state index is 14.7. The average molecular weight is 813 g/mol. The molecule has 1 N–H and O–H groups in total. The Kier molecular flexibility index (Phi) is 13.2. The van der Waals surface area contributed by atoms with Gasteiger partial charge in [0.05, 0.1) is 23.2 Å². The van der Waals surface area contributed by atoms with Crippen LogP contribution in [0.25, 0.3) is 0 Å². The van der Waals surface area contributed by atoms with Gasteiger partial charge in [0.25, 0.3) is 0 Å². The normalized spacial score (nSPS) is 19.7. The average Bonchev–Trinajstić information content (AvgIpc) is 3.56. The number of carbonyl (C=O) groups is 2. The first-order valence-corrected chi connectivity index (χ1v) is 17.6. The fourth-order valence-corrected chi connectivity index (χ4v) is 6.88. The molecule has 0 spiro atoms. The number of carbonyl (C=O) groups excluding carboxylic acids is 2. The molecule has 2 heterocycles. The summed E-state index contributed by atoms with van der Waals surface area (Å²) < 4.78 is 128. The molecule has 2 fully saturated rings. The Morgan fingerprint density at radius 2 is 1.07 bits per heavy atom. The molecule has 2 saturated heterocycles. The summed E-state index contributed by atoms with van der Waals surface area (Å²) in [7, 11) is 0. The first-order chi connectivity index (χ1) is 26.8. The number of phenols is 1. The molecule has 57 heavy (non-hydrogen) atoms. The summed E-state index contributed by atoms with van der Waals surface area (Å²) in [6, 6.07) is 17.1. The van der Waals surface area contributed by atoms with Crippen LogP contribution < -0.4 is 14.2 Å². The van der Waals surface area contributed by atoms with Crippen LogP contribution in [0.2, 0.25) is 0 Å². The van der Waals surface area contributed by atoms with Crippen LogP contribution in [0, 0.1) is 23.5 Å². The Balaban J connectivity index is 0.000000219. The zero-order valence-electron chi connectivity index (χ0n) is 30.4. The van der Waals surface area contributed by atoms with E-state index in [1.165, 1.54) is 70.5 Å². The van der Waals surface area contributed by atoms with Gasteiger partial charge in [0.15, 0.2) is 0 Å². The molecule has 4 atom stereocenters. The summed E-state index contributed by atoms with van der Waals surface area (Å²) in [6.45, 7) is 2.59. The summed E-state index contributed by atoms with van der Waals surface area (Å²) in [4.78, 5) is 28.1. The standard InChI is InChI=1S/C21H20F5NO3.C19H17F4NO3/c1-13-11-17(19-16(23)3-2-4-18(19)29-10-9-22)27(20(13)28)12-14-5-7-15(8-6-14)30-21(24,25)26;1-11-9-15(17-14(20)3-2-4-16(17)25)24(18(11)26)10-12-5-7-13(8-6-12)27-19(21,22)23/h2-8,13,17H,9-12H2,1H3;2-8,11,15,25H,9-10H2,1H3. The van der Waals surface area contributed by atoms with Gasteiger partial charge in [-0.05, 0) is 72.5 Å². The summed E-state index contributed by atoms with van der Waals surface area (Å²) >= 11 is 0. The molecule has 8 nitrogen and oxygen atoms in total. The fourth-order valence-electron chi connectivity index (χ4n) is 6.88. The smallest absolute Gasteiger partial charge is 0.507 e. The van der Waals surface area contributed by atoms with Gasteiger partial charge in [-0.25, -0.2) is 13.2 Å². The van der Waals surface area contributed by atoms with Gasteiger partial charge in [-0.1, -0.05) is 50.2 Å². The van der Waals surface area contributed by atoms with Crippen molar-refractivity contribution in [3.8, 4) is 23.0 Å². The Hall–Kier alpha value is -5.61. The molecule has 306 valence electrons. The van der Waals surface area contributed by atoms with Gasteiger partial charge in [-0.2, -0.15) is 0 Å². The molecule has 4 aromatic rings. The van der Waals surface area contributed by atoms with Crippen LogP contribution in [-0.4, -0.2) is 52.7 Å². The van der Waals surface area contributed by atoms with E-state index in [9.17, 15) is 54.2 Å². The van der Waals surface area contributed by atoms with Crippen molar-refractivity contribution >= 4 is 11.8 Å². The number of amides is 2. The summed E-state index contributed by atoms with van der Waals surface area (Å²) in [5.41, 5.74) is 1.33. The first kappa shape index (κ1) is 42.5. The van der Waals surface area contributed by atoms with Crippen molar-refractivity contribution in [1.29, 1.82) is 0 Å². The van der Waals surface area contributed by atoms with Crippen molar-refractivity contribution in [1.82, 2.24) is 9.80 Å². The maximum Gasteiger partial charge on any atom is 0.573 e. The van der Waals surface area contributed by atoms with Gasteiger partial charge >= 0.3 is 12.7 Å². The lowest BCUT2D eigenvalue weighted by Gasteiger charge is -2.27. The maximum absolute atomic E-state index is 14.7. The van der Waals surface area contributed by atoms with Gasteiger partial charge in [0.1, 0.15) is 47.9 Å². The molecule has 0 aromatic heterocycles. The topological polar surface area (TPSA) is 88.5 Å². The first-order valence-electron chi connectivity index (χ1n) is 17.6. The van der Waals surface area contributed by atoms with Crippen LogP contribution in [0.4, 0.5) is 39.5 Å². The van der Waals surface area contributed by atoms with Gasteiger partial charge in [-0.15, -0.1) is 26.3 Å². The minimum atomic E-state index is -4.80. The third kappa shape index (κ3) is 10.8. The van der Waals surface area contributed by atoms with E-state index in [4.69, 9.17) is 4.74 Å². The Morgan fingerprint density at radius 1 is 0.649 bits per heavy atom. The van der Waals surface area contributed by atoms with Crippen LogP contribution in [0.1, 0.15) is 61.0 Å². The van der Waals surface area contributed by atoms with Crippen molar-refractivity contribution in [3.63, 3.8) is 0 Å². The number of aromatic hydroxyl groups is 1. The molecular formula is C40H37F9N2O6. The molecule has 2 aliphatic rings. The number of nitrogens with zero attached hydrogens (tertiary/aromatic N) is 2. The van der Waals surface area contributed by atoms with E-state index in [1.807, 2.05) is 0 Å². The predicted molar refractivity (Wildman–Crippen MR) is 186 cm³/mol. The molecule has 17 heteroatoms. The zero-order chi connectivity index (χ0) is 41.7. The molecule has 0 aliphatic carbocycles. The van der Waals surface area contributed by atoms with E-state index < -0.39 is 43.1 Å². The largest absolute Gasteiger partial charge is 0.573 e. The SMILES string of the molecule is CC1CC(c2c(F)cccc2OCCF)N(Cc2ccc(OC(F)(F)F)cc2)C1=O.CC1CC(c2c(O)cccc2F)N(Cc2ccc(OC(F)(F)F)cc2)C1=O. The highest BCUT2D eigenvalue weighted by atomic mass is 19.4. The monoisotopic (exact) mass is 812 g/mol. The second-order valence-electron chi connectivity index (χ2n) is 13.5. The number of ether oxygens (including phenoxy) is 3. The van der Waals surface area contributed by atoms with Crippen LogP contribution >= 0.6 is 0 Å². The zero-order valence-corrected chi connectivity index (χ0v) is 30.4. The fraction of sp³-hybridized carbons (Fsp3) is 0.350. The van der Waals surface area contributed by atoms with E-state index >= 15 is 0 Å².